The molecule has 0 saturated carbocycles. The molecular weight excluding hydrogens is 248 g/mol. The lowest BCUT2D eigenvalue weighted by Gasteiger charge is -2.31. The molecule has 1 saturated heterocycles. The first-order valence-corrected chi connectivity index (χ1v) is 6.42. The Morgan fingerprint density at radius 1 is 1.47 bits per heavy atom. The van der Waals surface area contributed by atoms with E-state index < -0.39 is 5.97 Å². The molecule has 1 fully saturated rings. The molecule has 6 nitrogen and oxygen atoms in total. The maximum Gasteiger partial charge on any atom is 0.303 e. The van der Waals surface area contributed by atoms with E-state index in [4.69, 9.17) is 9.52 Å². The minimum Gasteiger partial charge on any atom is -0.481 e. The lowest BCUT2D eigenvalue weighted by atomic mass is 9.94. The quantitative estimate of drug-likeness (QED) is 0.898. The molecule has 1 N–H and O–H groups in total. The van der Waals surface area contributed by atoms with Crippen LogP contribution in [0.3, 0.4) is 0 Å². The van der Waals surface area contributed by atoms with Crippen molar-refractivity contribution in [3.05, 3.63) is 17.3 Å². The van der Waals surface area contributed by atoms with Crippen LogP contribution in [0.15, 0.2) is 4.42 Å². The molecule has 2 rings (SSSR count). The second-order valence-corrected chi connectivity index (χ2v) is 5.00. The Bertz CT molecular complexity index is 495. The average molecular weight is 266 g/mol. The van der Waals surface area contributed by atoms with Gasteiger partial charge in [0.1, 0.15) is 0 Å². The zero-order valence-corrected chi connectivity index (χ0v) is 11.2. The van der Waals surface area contributed by atoms with E-state index in [1.165, 1.54) is 0 Å². The number of carbonyl (C=O) groups is 2. The Labute approximate surface area is 111 Å². The Morgan fingerprint density at radius 2 is 2.21 bits per heavy atom. The summed E-state index contributed by atoms with van der Waals surface area (Å²) in [5.41, 5.74) is 0.586. The summed E-state index contributed by atoms with van der Waals surface area (Å²) >= 11 is 0. The molecule has 1 unspecified atom stereocenters. The second kappa shape index (κ2) is 5.42. The molecule has 1 amide bonds. The van der Waals surface area contributed by atoms with E-state index in [1.54, 1.807) is 18.7 Å². The Kier molecular flexibility index (Phi) is 3.87. The van der Waals surface area contributed by atoms with Gasteiger partial charge < -0.3 is 14.4 Å². The van der Waals surface area contributed by atoms with E-state index in [2.05, 4.69) is 4.98 Å². The third-order valence-corrected chi connectivity index (χ3v) is 3.37. The highest BCUT2D eigenvalue weighted by Crippen LogP contribution is 2.22. The lowest BCUT2D eigenvalue weighted by Crippen LogP contribution is -2.40. The van der Waals surface area contributed by atoms with Crippen molar-refractivity contribution in [2.24, 2.45) is 5.92 Å². The van der Waals surface area contributed by atoms with Crippen LogP contribution in [-0.4, -0.2) is 40.0 Å². The second-order valence-electron chi connectivity index (χ2n) is 5.00. The van der Waals surface area contributed by atoms with Crippen LogP contribution in [0, 0.1) is 19.8 Å². The maximum absolute atomic E-state index is 12.3. The van der Waals surface area contributed by atoms with Crippen LogP contribution >= 0.6 is 0 Å². The predicted octanol–water partition coefficient (Wildman–Crippen LogP) is 1.62. The van der Waals surface area contributed by atoms with Gasteiger partial charge in [-0.05, 0) is 25.7 Å². The molecule has 0 radical (unpaired) electrons. The van der Waals surface area contributed by atoms with Crippen LogP contribution in [0.5, 0.6) is 0 Å². The molecule has 0 aromatic carbocycles. The molecule has 0 spiro atoms. The molecule has 6 heteroatoms. The first-order valence-electron chi connectivity index (χ1n) is 6.42. The SMILES string of the molecule is Cc1nc(C)c(C(=O)N2CCCC(CC(=O)O)C2)o1. The van der Waals surface area contributed by atoms with E-state index in [9.17, 15) is 9.59 Å². The third-order valence-electron chi connectivity index (χ3n) is 3.37. The average Bonchev–Trinajstić information content (AvgIpc) is 2.67. The molecule has 0 bridgehead atoms. The maximum atomic E-state index is 12.3. The van der Waals surface area contributed by atoms with E-state index in [-0.39, 0.29) is 24.0 Å². The van der Waals surface area contributed by atoms with Crippen molar-refractivity contribution in [2.45, 2.75) is 33.1 Å². The number of amides is 1. The number of aryl methyl sites for hydroxylation is 2. The molecular formula is C13H18N2O4. The van der Waals surface area contributed by atoms with Gasteiger partial charge in [0.2, 0.25) is 5.76 Å². The normalized spacial score (nSPS) is 19.5. The number of carbonyl (C=O) groups excluding carboxylic acids is 1. The van der Waals surface area contributed by atoms with Crippen LogP contribution in [-0.2, 0) is 4.79 Å². The number of hydrogen-bond acceptors (Lipinski definition) is 4. The van der Waals surface area contributed by atoms with Gasteiger partial charge >= 0.3 is 5.97 Å². The zero-order chi connectivity index (χ0) is 14.0. The van der Waals surface area contributed by atoms with Gasteiger partial charge in [-0.25, -0.2) is 4.98 Å². The number of carboxylic acids is 1. The van der Waals surface area contributed by atoms with Crippen LogP contribution in [0.4, 0.5) is 0 Å². The molecule has 0 aliphatic carbocycles. The summed E-state index contributed by atoms with van der Waals surface area (Å²) in [6.07, 6.45) is 1.79. The first-order chi connectivity index (χ1) is 8.97. The monoisotopic (exact) mass is 266 g/mol. The first kappa shape index (κ1) is 13.6. The summed E-state index contributed by atoms with van der Waals surface area (Å²) in [7, 11) is 0. The summed E-state index contributed by atoms with van der Waals surface area (Å²) in [6, 6.07) is 0. The van der Waals surface area contributed by atoms with E-state index in [1.807, 2.05) is 0 Å². The van der Waals surface area contributed by atoms with Crippen molar-refractivity contribution in [1.82, 2.24) is 9.88 Å². The number of aromatic nitrogens is 1. The van der Waals surface area contributed by atoms with Gasteiger partial charge in [-0.2, -0.15) is 0 Å². The summed E-state index contributed by atoms with van der Waals surface area (Å²) < 4.78 is 5.33. The smallest absolute Gasteiger partial charge is 0.303 e. The molecule has 1 atom stereocenters. The van der Waals surface area contributed by atoms with E-state index in [0.717, 1.165) is 12.8 Å². The fourth-order valence-electron chi connectivity index (χ4n) is 2.54. The van der Waals surface area contributed by atoms with Gasteiger partial charge in [-0.15, -0.1) is 0 Å². The van der Waals surface area contributed by atoms with Crippen molar-refractivity contribution in [3.8, 4) is 0 Å². The number of carboxylic acid groups (broad SMARTS) is 1. The number of hydrogen-bond donors (Lipinski definition) is 1. The highest BCUT2D eigenvalue weighted by molar-refractivity contribution is 5.92. The van der Waals surface area contributed by atoms with Crippen molar-refractivity contribution >= 4 is 11.9 Å². The van der Waals surface area contributed by atoms with E-state index >= 15 is 0 Å². The number of aliphatic carboxylic acids is 1. The van der Waals surface area contributed by atoms with E-state index in [0.29, 0.717) is 24.7 Å². The Morgan fingerprint density at radius 3 is 2.79 bits per heavy atom. The standard InChI is InChI=1S/C13H18N2O4/c1-8-12(19-9(2)14-8)13(18)15-5-3-4-10(7-15)6-11(16)17/h10H,3-7H2,1-2H3,(H,16,17). The van der Waals surface area contributed by atoms with Crippen molar-refractivity contribution < 1.29 is 19.1 Å². The molecule has 2 heterocycles. The van der Waals surface area contributed by atoms with Gasteiger partial charge in [0.15, 0.2) is 5.89 Å². The molecule has 1 aromatic rings. The number of nitrogens with zero attached hydrogens (tertiary/aromatic N) is 2. The fraction of sp³-hybridized carbons (Fsp3) is 0.615. The number of oxazole rings is 1. The van der Waals surface area contributed by atoms with Crippen LogP contribution in [0.2, 0.25) is 0 Å². The highest BCUT2D eigenvalue weighted by atomic mass is 16.4. The summed E-state index contributed by atoms with van der Waals surface area (Å²) in [6.45, 7) is 4.56. The minimum absolute atomic E-state index is 0.0273. The Hall–Kier alpha value is -1.85. The number of likely N-dealkylation sites (tertiary alicyclic amines) is 1. The summed E-state index contributed by atoms with van der Waals surface area (Å²) in [5.74, 6) is -0.230. The van der Waals surface area contributed by atoms with Gasteiger partial charge in [-0.3, -0.25) is 9.59 Å². The van der Waals surface area contributed by atoms with Crippen LogP contribution in [0.25, 0.3) is 0 Å². The lowest BCUT2D eigenvalue weighted by molar-refractivity contribution is -0.138. The minimum atomic E-state index is -0.814. The van der Waals surface area contributed by atoms with Gasteiger partial charge in [-0.1, -0.05) is 0 Å². The van der Waals surface area contributed by atoms with Crippen molar-refractivity contribution in [2.75, 3.05) is 13.1 Å². The highest BCUT2D eigenvalue weighted by Gasteiger charge is 2.28. The predicted molar refractivity (Wildman–Crippen MR) is 66.9 cm³/mol. The van der Waals surface area contributed by atoms with Crippen molar-refractivity contribution in [1.29, 1.82) is 0 Å². The molecule has 1 aromatic heterocycles. The number of rotatable bonds is 3. The summed E-state index contributed by atoms with van der Waals surface area (Å²) in [4.78, 5) is 28.8. The zero-order valence-electron chi connectivity index (χ0n) is 11.2. The molecule has 1 aliphatic heterocycles. The van der Waals surface area contributed by atoms with Gasteiger partial charge in [0.05, 0.1) is 5.69 Å². The van der Waals surface area contributed by atoms with Crippen LogP contribution in [0.1, 0.15) is 41.4 Å². The molecule has 104 valence electrons. The Balaban J connectivity index is 2.07. The van der Waals surface area contributed by atoms with Gasteiger partial charge in [0, 0.05) is 26.4 Å². The topological polar surface area (TPSA) is 83.6 Å². The summed E-state index contributed by atoms with van der Waals surface area (Å²) in [5, 5.41) is 8.82. The van der Waals surface area contributed by atoms with Crippen molar-refractivity contribution in [3.63, 3.8) is 0 Å². The molecule has 19 heavy (non-hydrogen) atoms. The molecule has 1 aliphatic rings. The number of piperidine rings is 1. The fourth-order valence-corrected chi connectivity index (χ4v) is 2.54. The van der Waals surface area contributed by atoms with Gasteiger partial charge in [0.25, 0.3) is 5.91 Å². The largest absolute Gasteiger partial charge is 0.481 e. The third kappa shape index (κ3) is 3.13. The van der Waals surface area contributed by atoms with Crippen LogP contribution < -0.4 is 0 Å².